The second kappa shape index (κ2) is 6.66. The molecule has 0 saturated carbocycles. The number of carboxylic acid groups (broad SMARTS) is 1. The van der Waals surface area contributed by atoms with Gasteiger partial charge in [-0.15, -0.1) is 0 Å². The van der Waals surface area contributed by atoms with Crippen LogP contribution in [0.1, 0.15) is 30.8 Å². The Labute approximate surface area is 132 Å². The highest BCUT2D eigenvalue weighted by Gasteiger charge is 2.13. The van der Waals surface area contributed by atoms with E-state index in [2.05, 4.69) is 5.32 Å². The summed E-state index contributed by atoms with van der Waals surface area (Å²) < 4.78 is 5.21. The normalized spacial score (nSPS) is 10.7. The molecule has 0 aliphatic heterocycles. The zero-order chi connectivity index (χ0) is 16.3. The Morgan fingerprint density at radius 3 is 2.55 bits per heavy atom. The SMILES string of the molecule is CC(C)CC(=O)Nc1ccc(-c2ccc(C(=O)O)o2)c(Cl)c1. The van der Waals surface area contributed by atoms with Crippen LogP contribution < -0.4 is 5.32 Å². The Morgan fingerprint density at radius 1 is 1.27 bits per heavy atom. The van der Waals surface area contributed by atoms with E-state index in [9.17, 15) is 9.59 Å². The Morgan fingerprint density at radius 2 is 2.00 bits per heavy atom. The number of nitrogens with one attached hydrogen (secondary N) is 1. The largest absolute Gasteiger partial charge is 0.475 e. The lowest BCUT2D eigenvalue weighted by atomic mass is 10.1. The van der Waals surface area contributed by atoms with Gasteiger partial charge in [-0.2, -0.15) is 0 Å². The molecular weight excluding hydrogens is 306 g/mol. The minimum atomic E-state index is -1.14. The molecule has 0 radical (unpaired) electrons. The van der Waals surface area contributed by atoms with E-state index in [0.717, 1.165) is 0 Å². The van der Waals surface area contributed by atoms with Crippen LogP contribution in [-0.2, 0) is 4.79 Å². The number of carbonyl (C=O) groups is 2. The second-order valence-corrected chi connectivity index (χ2v) is 5.72. The molecule has 1 amide bonds. The van der Waals surface area contributed by atoms with Crippen LogP contribution >= 0.6 is 11.6 Å². The number of hydrogen-bond acceptors (Lipinski definition) is 3. The molecule has 0 bridgehead atoms. The van der Waals surface area contributed by atoms with Gasteiger partial charge >= 0.3 is 5.97 Å². The van der Waals surface area contributed by atoms with Crippen molar-refractivity contribution in [1.82, 2.24) is 0 Å². The van der Waals surface area contributed by atoms with Crippen LogP contribution in [0.5, 0.6) is 0 Å². The second-order valence-electron chi connectivity index (χ2n) is 5.31. The number of carbonyl (C=O) groups excluding carboxylic acids is 1. The van der Waals surface area contributed by atoms with Crippen LogP contribution in [-0.4, -0.2) is 17.0 Å². The van der Waals surface area contributed by atoms with Gasteiger partial charge in [-0.1, -0.05) is 25.4 Å². The molecule has 2 aromatic rings. The summed E-state index contributed by atoms with van der Waals surface area (Å²) in [6, 6.07) is 7.90. The summed E-state index contributed by atoms with van der Waals surface area (Å²) in [4.78, 5) is 22.5. The molecule has 0 aliphatic carbocycles. The van der Waals surface area contributed by atoms with E-state index in [-0.39, 0.29) is 17.6 Å². The van der Waals surface area contributed by atoms with Crippen molar-refractivity contribution in [2.45, 2.75) is 20.3 Å². The Balaban J connectivity index is 2.18. The molecule has 2 N–H and O–H groups in total. The molecule has 0 aliphatic rings. The van der Waals surface area contributed by atoms with Crippen LogP contribution in [0.2, 0.25) is 5.02 Å². The number of aromatic carboxylic acids is 1. The quantitative estimate of drug-likeness (QED) is 0.861. The first-order chi connectivity index (χ1) is 10.4. The van der Waals surface area contributed by atoms with Gasteiger partial charge < -0.3 is 14.8 Å². The average Bonchev–Trinajstić information content (AvgIpc) is 2.87. The molecule has 1 aromatic carbocycles. The topological polar surface area (TPSA) is 79.5 Å². The van der Waals surface area contributed by atoms with E-state index < -0.39 is 5.97 Å². The van der Waals surface area contributed by atoms with Crippen LogP contribution in [0.25, 0.3) is 11.3 Å². The van der Waals surface area contributed by atoms with E-state index >= 15 is 0 Å². The van der Waals surface area contributed by atoms with Crippen LogP contribution in [0.15, 0.2) is 34.7 Å². The monoisotopic (exact) mass is 321 g/mol. The van der Waals surface area contributed by atoms with Crippen molar-refractivity contribution in [3.8, 4) is 11.3 Å². The predicted octanol–water partition coefficient (Wildman–Crippen LogP) is 4.28. The molecule has 0 atom stereocenters. The van der Waals surface area contributed by atoms with E-state index in [1.165, 1.54) is 6.07 Å². The number of benzene rings is 1. The molecule has 0 fully saturated rings. The number of anilines is 1. The van der Waals surface area contributed by atoms with Crippen LogP contribution in [0.3, 0.4) is 0 Å². The summed E-state index contributed by atoms with van der Waals surface area (Å²) in [5.74, 6) is -0.736. The zero-order valence-corrected chi connectivity index (χ0v) is 13.0. The minimum Gasteiger partial charge on any atom is -0.475 e. The highest BCUT2D eigenvalue weighted by Crippen LogP contribution is 2.31. The Bertz CT molecular complexity index is 706. The highest BCUT2D eigenvalue weighted by molar-refractivity contribution is 6.33. The summed E-state index contributed by atoms with van der Waals surface area (Å²) in [5.41, 5.74) is 1.15. The third kappa shape index (κ3) is 3.89. The molecule has 116 valence electrons. The maximum Gasteiger partial charge on any atom is 0.371 e. The molecule has 1 heterocycles. The number of amides is 1. The number of rotatable bonds is 5. The molecule has 0 saturated heterocycles. The summed E-state index contributed by atoms with van der Waals surface area (Å²) >= 11 is 6.18. The molecule has 0 spiro atoms. The number of hydrogen-bond donors (Lipinski definition) is 2. The lowest BCUT2D eigenvalue weighted by molar-refractivity contribution is -0.116. The van der Waals surface area contributed by atoms with Crippen molar-refractivity contribution in [1.29, 1.82) is 0 Å². The van der Waals surface area contributed by atoms with Crippen LogP contribution in [0, 0.1) is 5.92 Å². The molecule has 5 nitrogen and oxygen atoms in total. The lowest BCUT2D eigenvalue weighted by Crippen LogP contribution is -2.13. The maximum atomic E-state index is 11.7. The van der Waals surface area contributed by atoms with E-state index in [1.54, 1.807) is 24.3 Å². The van der Waals surface area contributed by atoms with Gasteiger partial charge in [-0.05, 0) is 36.2 Å². The van der Waals surface area contributed by atoms with E-state index in [4.69, 9.17) is 21.1 Å². The predicted molar refractivity (Wildman–Crippen MR) is 84.2 cm³/mol. The summed E-state index contributed by atoms with van der Waals surface area (Å²) in [6.45, 7) is 3.93. The molecule has 0 unspecified atom stereocenters. The first-order valence-corrected chi connectivity index (χ1v) is 7.17. The van der Waals surface area contributed by atoms with Crippen molar-refractivity contribution in [2.24, 2.45) is 5.92 Å². The number of halogens is 1. The maximum absolute atomic E-state index is 11.7. The lowest BCUT2D eigenvalue weighted by Gasteiger charge is -2.09. The summed E-state index contributed by atoms with van der Waals surface area (Å²) in [7, 11) is 0. The van der Waals surface area contributed by atoms with Gasteiger partial charge in [0.2, 0.25) is 11.7 Å². The summed E-state index contributed by atoms with van der Waals surface area (Å²) in [5, 5.41) is 12.0. The number of furan rings is 1. The van der Waals surface area contributed by atoms with Crippen molar-refractivity contribution in [2.75, 3.05) is 5.32 Å². The van der Waals surface area contributed by atoms with Crippen molar-refractivity contribution in [3.63, 3.8) is 0 Å². The molecular formula is C16H16ClNO4. The molecule has 1 aromatic heterocycles. The Hall–Kier alpha value is -2.27. The fraction of sp³-hybridized carbons (Fsp3) is 0.250. The van der Waals surface area contributed by atoms with Crippen molar-refractivity contribution >= 4 is 29.2 Å². The first-order valence-electron chi connectivity index (χ1n) is 6.79. The van der Waals surface area contributed by atoms with Crippen LogP contribution in [0.4, 0.5) is 5.69 Å². The third-order valence-electron chi connectivity index (χ3n) is 2.93. The highest BCUT2D eigenvalue weighted by atomic mass is 35.5. The summed E-state index contributed by atoms with van der Waals surface area (Å²) in [6.07, 6.45) is 0.430. The molecule has 22 heavy (non-hydrogen) atoms. The van der Waals surface area contributed by atoms with Gasteiger partial charge in [0.1, 0.15) is 5.76 Å². The fourth-order valence-corrected chi connectivity index (χ4v) is 2.25. The number of carboxylic acids is 1. The van der Waals surface area contributed by atoms with Gasteiger partial charge in [-0.25, -0.2) is 4.79 Å². The third-order valence-corrected chi connectivity index (χ3v) is 3.24. The average molecular weight is 322 g/mol. The zero-order valence-electron chi connectivity index (χ0n) is 12.2. The van der Waals surface area contributed by atoms with Gasteiger partial charge in [0, 0.05) is 17.7 Å². The van der Waals surface area contributed by atoms with E-state index in [0.29, 0.717) is 28.5 Å². The standard InChI is InChI=1S/C16H16ClNO4/c1-9(2)7-15(19)18-10-3-4-11(12(17)8-10)13-5-6-14(22-13)16(20)21/h3-6,8-9H,7H2,1-2H3,(H,18,19)(H,20,21). The fourth-order valence-electron chi connectivity index (χ4n) is 1.97. The van der Waals surface area contributed by atoms with Gasteiger partial charge in [-0.3, -0.25) is 4.79 Å². The smallest absolute Gasteiger partial charge is 0.371 e. The van der Waals surface area contributed by atoms with Crippen molar-refractivity contribution in [3.05, 3.63) is 41.1 Å². The van der Waals surface area contributed by atoms with Gasteiger partial charge in [0.15, 0.2) is 0 Å². The molecule has 2 rings (SSSR count). The van der Waals surface area contributed by atoms with E-state index in [1.807, 2.05) is 13.8 Å². The van der Waals surface area contributed by atoms with Gasteiger partial charge in [0.25, 0.3) is 0 Å². The minimum absolute atomic E-state index is 0.0787. The van der Waals surface area contributed by atoms with Gasteiger partial charge in [0.05, 0.1) is 5.02 Å². The van der Waals surface area contributed by atoms with Crippen molar-refractivity contribution < 1.29 is 19.1 Å². The first kappa shape index (κ1) is 16.1. The Kier molecular flexibility index (Phi) is 4.88. The molecule has 6 heteroatoms.